The quantitative estimate of drug-likeness (QED) is 0.910. The standard InChI is InChI=1S/C20H33N5O/c1-11-12(2)19-16(13(3)15(9-23(5)6)14(4)26-19)18-17(11)22-20(21)25(18)10-24(7)8/h13-15H,9-10H2,1-8H3,(H2,21,22). The lowest BCUT2D eigenvalue weighted by molar-refractivity contribution is 0.0913. The minimum absolute atomic E-state index is 0.179. The normalized spacial score (nSPS) is 22.9. The Bertz CT molecular complexity index is 824. The summed E-state index contributed by atoms with van der Waals surface area (Å²) in [6.07, 6.45) is 0.179. The third-order valence-corrected chi connectivity index (χ3v) is 5.76. The molecule has 2 aromatic rings. The summed E-state index contributed by atoms with van der Waals surface area (Å²) in [5, 5.41) is 0. The monoisotopic (exact) mass is 359 g/mol. The summed E-state index contributed by atoms with van der Waals surface area (Å²) < 4.78 is 8.61. The number of ether oxygens (including phenoxy) is 1. The molecule has 0 spiro atoms. The van der Waals surface area contributed by atoms with Gasteiger partial charge in [-0.25, -0.2) is 4.98 Å². The van der Waals surface area contributed by atoms with Crippen molar-refractivity contribution in [3.8, 4) is 5.75 Å². The van der Waals surface area contributed by atoms with E-state index in [1.54, 1.807) is 0 Å². The minimum atomic E-state index is 0.179. The van der Waals surface area contributed by atoms with E-state index in [2.05, 4.69) is 70.3 Å². The van der Waals surface area contributed by atoms with Gasteiger partial charge in [0.25, 0.3) is 0 Å². The first-order valence-corrected chi connectivity index (χ1v) is 9.38. The molecule has 0 radical (unpaired) electrons. The van der Waals surface area contributed by atoms with Gasteiger partial charge in [0, 0.05) is 18.0 Å². The smallest absolute Gasteiger partial charge is 0.202 e. The zero-order chi connectivity index (χ0) is 19.3. The Morgan fingerprint density at radius 3 is 2.31 bits per heavy atom. The van der Waals surface area contributed by atoms with Crippen LogP contribution in [0.4, 0.5) is 5.95 Å². The van der Waals surface area contributed by atoms with E-state index in [1.807, 2.05) is 0 Å². The summed E-state index contributed by atoms with van der Waals surface area (Å²) in [6.45, 7) is 10.5. The summed E-state index contributed by atoms with van der Waals surface area (Å²) in [4.78, 5) is 9.09. The van der Waals surface area contributed by atoms with Crippen molar-refractivity contribution in [1.82, 2.24) is 19.4 Å². The van der Waals surface area contributed by atoms with Gasteiger partial charge in [-0.1, -0.05) is 6.92 Å². The summed E-state index contributed by atoms with van der Waals surface area (Å²) in [7, 11) is 8.35. The van der Waals surface area contributed by atoms with Crippen molar-refractivity contribution in [2.24, 2.45) is 5.92 Å². The fourth-order valence-corrected chi connectivity index (χ4v) is 4.28. The van der Waals surface area contributed by atoms with Crippen molar-refractivity contribution in [3.63, 3.8) is 0 Å². The molecule has 2 N–H and O–H groups in total. The van der Waals surface area contributed by atoms with Crippen molar-refractivity contribution in [3.05, 3.63) is 16.7 Å². The van der Waals surface area contributed by atoms with E-state index < -0.39 is 0 Å². The molecule has 0 amide bonds. The third-order valence-electron chi connectivity index (χ3n) is 5.76. The van der Waals surface area contributed by atoms with Crippen LogP contribution in [0.25, 0.3) is 11.0 Å². The fourth-order valence-electron chi connectivity index (χ4n) is 4.28. The van der Waals surface area contributed by atoms with Gasteiger partial charge < -0.3 is 15.4 Å². The molecule has 26 heavy (non-hydrogen) atoms. The Kier molecular flexibility index (Phi) is 4.92. The van der Waals surface area contributed by atoms with Crippen molar-refractivity contribution < 1.29 is 4.74 Å². The molecule has 1 aliphatic rings. The van der Waals surface area contributed by atoms with E-state index >= 15 is 0 Å². The van der Waals surface area contributed by atoms with Gasteiger partial charge in [-0.2, -0.15) is 0 Å². The second kappa shape index (κ2) is 6.74. The van der Waals surface area contributed by atoms with E-state index in [-0.39, 0.29) is 6.10 Å². The van der Waals surface area contributed by atoms with E-state index in [9.17, 15) is 0 Å². The first-order valence-electron chi connectivity index (χ1n) is 9.38. The van der Waals surface area contributed by atoms with E-state index in [1.165, 1.54) is 11.1 Å². The number of rotatable bonds is 4. The third kappa shape index (κ3) is 2.95. The maximum Gasteiger partial charge on any atom is 0.202 e. The number of nitrogens with zero attached hydrogens (tertiary/aromatic N) is 4. The molecule has 0 saturated carbocycles. The largest absolute Gasteiger partial charge is 0.490 e. The summed E-state index contributed by atoms with van der Waals surface area (Å²) in [5.41, 5.74) is 12.1. The van der Waals surface area contributed by atoms with Crippen molar-refractivity contribution >= 4 is 17.0 Å². The highest BCUT2D eigenvalue weighted by Crippen LogP contribution is 2.47. The van der Waals surface area contributed by atoms with Gasteiger partial charge in [-0.3, -0.25) is 9.47 Å². The van der Waals surface area contributed by atoms with Gasteiger partial charge in [0.2, 0.25) is 5.95 Å². The molecular weight excluding hydrogens is 326 g/mol. The lowest BCUT2D eigenvalue weighted by atomic mass is 9.79. The number of nitrogens with two attached hydrogens (primary N) is 1. The van der Waals surface area contributed by atoms with Crippen LogP contribution in [-0.2, 0) is 6.67 Å². The lowest BCUT2D eigenvalue weighted by Crippen LogP contribution is -2.40. The average molecular weight is 360 g/mol. The zero-order valence-electron chi connectivity index (χ0n) is 17.4. The highest BCUT2D eigenvalue weighted by Gasteiger charge is 2.37. The number of anilines is 1. The number of aromatic nitrogens is 2. The zero-order valence-corrected chi connectivity index (χ0v) is 17.4. The molecule has 1 aromatic carbocycles. The number of aryl methyl sites for hydroxylation is 1. The van der Waals surface area contributed by atoms with Crippen LogP contribution in [0.15, 0.2) is 0 Å². The molecular formula is C20H33N5O. The average Bonchev–Trinajstić information content (AvgIpc) is 2.85. The highest BCUT2D eigenvalue weighted by molar-refractivity contribution is 5.89. The van der Waals surface area contributed by atoms with Crippen LogP contribution in [0.5, 0.6) is 5.75 Å². The number of hydrogen-bond acceptors (Lipinski definition) is 5. The number of fused-ring (bicyclic) bond motifs is 3. The Morgan fingerprint density at radius 2 is 1.73 bits per heavy atom. The van der Waals surface area contributed by atoms with Crippen LogP contribution in [0.2, 0.25) is 0 Å². The summed E-state index contributed by atoms with van der Waals surface area (Å²) in [6, 6.07) is 0. The molecule has 2 heterocycles. The molecule has 0 fully saturated rings. The van der Waals surface area contributed by atoms with Crippen LogP contribution in [0, 0.1) is 19.8 Å². The van der Waals surface area contributed by atoms with Gasteiger partial charge in [-0.05, 0) is 66.0 Å². The maximum atomic E-state index is 6.48. The van der Waals surface area contributed by atoms with Crippen molar-refractivity contribution in [2.75, 3.05) is 40.5 Å². The number of imidazole rings is 1. The Balaban J connectivity index is 2.30. The van der Waals surface area contributed by atoms with Gasteiger partial charge in [0.15, 0.2) is 0 Å². The van der Waals surface area contributed by atoms with Crippen LogP contribution >= 0.6 is 0 Å². The molecule has 6 heteroatoms. The Hall–Kier alpha value is -1.79. The van der Waals surface area contributed by atoms with Crippen LogP contribution in [0.3, 0.4) is 0 Å². The van der Waals surface area contributed by atoms with E-state index in [0.29, 0.717) is 24.5 Å². The molecule has 1 aliphatic heterocycles. The first kappa shape index (κ1) is 19.0. The predicted octanol–water partition coefficient (Wildman–Crippen LogP) is 2.82. The molecule has 0 bridgehead atoms. The summed E-state index contributed by atoms with van der Waals surface area (Å²) >= 11 is 0. The van der Waals surface area contributed by atoms with Gasteiger partial charge in [0.1, 0.15) is 11.9 Å². The predicted molar refractivity (Wildman–Crippen MR) is 108 cm³/mol. The van der Waals surface area contributed by atoms with Crippen LogP contribution in [-0.4, -0.2) is 60.2 Å². The fraction of sp³-hybridized carbons (Fsp3) is 0.650. The lowest BCUT2D eigenvalue weighted by Gasteiger charge is -2.39. The Labute approximate surface area is 156 Å². The molecule has 3 unspecified atom stereocenters. The molecule has 3 rings (SSSR count). The van der Waals surface area contributed by atoms with Crippen LogP contribution < -0.4 is 10.5 Å². The minimum Gasteiger partial charge on any atom is -0.490 e. The molecule has 144 valence electrons. The van der Waals surface area contributed by atoms with Gasteiger partial charge in [0.05, 0.1) is 17.7 Å². The first-order chi connectivity index (χ1) is 12.1. The van der Waals surface area contributed by atoms with Gasteiger partial charge >= 0.3 is 0 Å². The summed E-state index contributed by atoms with van der Waals surface area (Å²) in [5.74, 6) is 2.39. The maximum absolute atomic E-state index is 6.48. The Morgan fingerprint density at radius 1 is 1.08 bits per heavy atom. The molecule has 0 aliphatic carbocycles. The van der Waals surface area contributed by atoms with Crippen LogP contribution in [0.1, 0.15) is 36.5 Å². The second-order valence-corrected chi connectivity index (χ2v) is 8.35. The molecule has 3 atom stereocenters. The molecule has 1 aromatic heterocycles. The highest BCUT2D eigenvalue weighted by atomic mass is 16.5. The molecule has 0 saturated heterocycles. The van der Waals surface area contributed by atoms with Crippen molar-refractivity contribution in [1.29, 1.82) is 0 Å². The molecule has 6 nitrogen and oxygen atoms in total. The number of nitrogen functional groups attached to an aromatic ring is 1. The number of benzene rings is 1. The second-order valence-electron chi connectivity index (χ2n) is 8.35. The van der Waals surface area contributed by atoms with Crippen molar-refractivity contribution in [2.45, 2.75) is 46.4 Å². The topological polar surface area (TPSA) is 59.5 Å². The number of hydrogen-bond donors (Lipinski definition) is 1. The SMILES string of the molecule is Cc1c2c(c3c(nc(N)n3CN(C)C)c1C)C(C)C(CN(C)C)C(C)O2. The van der Waals surface area contributed by atoms with E-state index in [0.717, 1.165) is 28.9 Å². The van der Waals surface area contributed by atoms with Gasteiger partial charge in [-0.15, -0.1) is 0 Å². The van der Waals surface area contributed by atoms with E-state index in [4.69, 9.17) is 15.5 Å².